The van der Waals surface area contributed by atoms with E-state index in [0.717, 1.165) is 33.0 Å². The summed E-state index contributed by atoms with van der Waals surface area (Å²) in [5.74, 6) is -1.05. The molecule has 4 rings (SSSR count). The number of aliphatic hydroxyl groups excluding tert-OH is 1. The molecule has 0 aliphatic heterocycles. The fourth-order valence-electron chi connectivity index (χ4n) is 3.75. The van der Waals surface area contributed by atoms with Gasteiger partial charge in [0.2, 0.25) is 0 Å². The van der Waals surface area contributed by atoms with Crippen molar-refractivity contribution in [2.75, 3.05) is 0 Å². The van der Waals surface area contributed by atoms with Crippen molar-refractivity contribution in [3.8, 4) is 11.1 Å². The van der Waals surface area contributed by atoms with Crippen molar-refractivity contribution in [2.45, 2.75) is 19.4 Å². The van der Waals surface area contributed by atoms with E-state index in [0.29, 0.717) is 5.56 Å². The minimum atomic E-state index is -1.02. The van der Waals surface area contributed by atoms with Crippen molar-refractivity contribution in [2.24, 2.45) is 0 Å². The first kappa shape index (κ1) is 20.5. The summed E-state index contributed by atoms with van der Waals surface area (Å²) in [6, 6.07) is 26.4. The molecule has 0 unspecified atom stereocenters. The minimum absolute atomic E-state index is 0.0160. The number of aliphatic hydroxyl groups is 1. The smallest absolute Gasteiger partial charge is 0.335 e. The van der Waals surface area contributed by atoms with Crippen LogP contribution in [0.4, 0.5) is 0 Å². The Hall–Kier alpha value is -3.76. The van der Waals surface area contributed by atoms with E-state index in [4.69, 9.17) is 5.11 Å². The first-order valence-electron chi connectivity index (χ1n) is 10.1. The van der Waals surface area contributed by atoms with Crippen molar-refractivity contribution in [3.63, 3.8) is 0 Å². The quantitative estimate of drug-likeness (QED) is 0.447. The third-order valence-electron chi connectivity index (χ3n) is 5.41. The summed E-state index contributed by atoms with van der Waals surface area (Å²) in [4.78, 5) is 24.4. The second-order valence-electron chi connectivity index (χ2n) is 7.61. The summed E-state index contributed by atoms with van der Waals surface area (Å²) in [5.41, 5.74) is 4.53. The van der Waals surface area contributed by atoms with Crippen LogP contribution in [0, 0.1) is 0 Å². The standard InChI is InChI=1S/C27H22O4/c28-17-19-7-11-21(12-8-19)20-9-5-18(6-10-20)13-25(29)15-24-14-22-3-1-2-4-23(22)16-26(24)27(30)31/h1-12,14,16,28H,13,15,17H2,(H,30,31). The molecule has 0 aliphatic carbocycles. The first-order chi connectivity index (χ1) is 15.0. The van der Waals surface area contributed by atoms with Gasteiger partial charge in [-0.05, 0) is 50.7 Å². The van der Waals surface area contributed by atoms with Gasteiger partial charge in [0.1, 0.15) is 5.78 Å². The molecule has 0 heterocycles. The van der Waals surface area contributed by atoms with Gasteiger partial charge in [-0.15, -0.1) is 0 Å². The molecular formula is C27H22O4. The lowest BCUT2D eigenvalue weighted by atomic mass is 9.95. The van der Waals surface area contributed by atoms with Crippen LogP contribution in [-0.4, -0.2) is 22.0 Å². The van der Waals surface area contributed by atoms with E-state index >= 15 is 0 Å². The maximum Gasteiger partial charge on any atom is 0.335 e. The highest BCUT2D eigenvalue weighted by Gasteiger charge is 2.15. The number of carboxylic acid groups (broad SMARTS) is 1. The highest BCUT2D eigenvalue weighted by molar-refractivity contribution is 5.98. The molecule has 154 valence electrons. The molecule has 31 heavy (non-hydrogen) atoms. The van der Waals surface area contributed by atoms with Crippen LogP contribution in [0.2, 0.25) is 0 Å². The molecule has 0 aliphatic rings. The summed E-state index contributed by atoms with van der Waals surface area (Å²) in [6.45, 7) is 0.0160. The number of aromatic carboxylic acids is 1. The molecule has 4 heteroatoms. The largest absolute Gasteiger partial charge is 0.478 e. The fourth-order valence-corrected chi connectivity index (χ4v) is 3.75. The minimum Gasteiger partial charge on any atom is -0.478 e. The van der Waals surface area contributed by atoms with Crippen molar-refractivity contribution >= 4 is 22.5 Å². The Balaban J connectivity index is 1.49. The molecule has 4 aromatic rings. The molecule has 4 nitrogen and oxygen atoms in total. The number of carbonyl (C=O) groups is 2. The van der Waals surface area contributed by atoms with E-state index in [-0.39, 0.29) is 30.8 Å². The lowest BCUT2D eigenvalue weighted by Crippen LogP contribution is -2.11. The summed E-state index contributed by atoms with van der Waals surface area (Å²) >= 11 is 0. The normalized spacial score (nSPS) is 10.9. The van der Waals surface area contributed by atoms with Crippen molar-refractivity contribution in [1.29, 1.82) is 0 Å². The Morgan fingerprint density at radius 2 is 1.23 bits per heavy atom. The topological polar surface area (TPSA) is 74.6 Å². The number of ketones is 1. The van der Waals surface area contributed by atoms with Gasteiger partial charge in [-0.25, -0.2) is 4.79 Å². The van der Waals surface area contributed by atoms with Crippen molar-refractivity contribution in [1.82, 2.24) is 0 Å². The van der Waals surface area contributed by atoms with Crippen molar-refractivity contribution < 1.29 is 19.8 Å². The molecule has 0 radical (unpaired) electrons. The van der Waals surface area contributed by atoms with Gasteiger partial charge in [-0.3, -0.25) is 4.79 Å². The number of hydrogen-bond acceptors (Lipinski definition) is 3. The van der Waals surface area contributed by atoms with Gasteiger partial charge in [-0.2, -0.15) is 0 Å². The zero-order valence-electron chi connectivity index (χ0n) is 16.9. The molecule has 0 amide bonds. The zero-order chi connectivity index (χ0) is 21.8. The molecule has 0 spiro atoms. The molecule has 0 saturated carbocycles. The lowest BCUT2D eigenvalue weighted by molar-refractivity contribution is -0.117. The predicted octanol–water partition coefficient (Wildman–Crippen LogP) is 5.05. The number of Topliss-reactive ketones (excluding diaryl/α,β-unsaturated/α-hetero) is 1. The molecule has 4 aromatic carbocycles. The second kappa shape index (κ2) is 8.94. The Morgan fingerprint density at radius 3 is 1.77 bits per heavy atom. The first-order valence-corrected chi connectivity index (χ1v) is 10.1. The van der Waals surface area contributed by atoms with Crippen LogP contribution in [0.1, 0.15) is 27.0 Å². The fraction of sp³-hybridized carbons (Fsp3) is 0.111. The summed E-state index contributed by atoms with van der Waals surface area (Å²) in [5, 5.41) is 20.5. The average molecular weight is 410 g/mol. The molecule has 0 atom stereocenters. The second-order valence-corrected chi connectivity index (χ2v) is 7.61. The Kier molecular flexibility index (Phi) is 5.92. The van der Waals surface area contributed by atoms with E-state index in [1.807, 2.05) is 72.8 Å². The number of carboxylic acids is 1. The molecule has 2 N–H and O–H groups in total. The molecule has 0 saturated heterocycles. The summed E-state index contributed by atoms with van der Waals surface area (Å²) in [7, 11) is 0. The van der Waals surface area contributed by atoms with Gasteiger partial charge >= 0.3 is 5.97 Å². The van der Waals surface area contributed by atoms with E-state index in [1.54, 1.807) is 12.1 Å². The number of benzene rings is 4. The molecule has 0 aromatic heterocycles. The predicted molar refractivity (Wildman–Crippen MR) is 121 cm³/mol. The van der Waals surface area contributed by atoms with Crippen LogP contribution >= 0.6 is 0 Å². The van der Waals surface area contributed by atoms with E-state index < -0.39 is 5.97 Å². The lowest BCUT2D eigenvalue weighted by Gasteiger charge is -2.09. The van der Waals surface area contributed by atoms with E-state index in [9.17, 15) is 14.7 Å². The van der Waals surface area contributed by atoms with Crippen LogP contribution < -0.4 is 0 Å². The Bertz CT molecular complexity index is 1240. The van der Waals surface area contributed by atoms with Crippen LogP contribution in [0.5, 0.6) is 0 Å². The highest BCUT2D eigenvalue weighted by atomic mass is 16.4. The zero-order valence-corrected chi connectivity index (χ0v) is 16.9. The Labute approximate surface area is 180 Å². The molecule has 0 fully saturated rings. The van der Waals surface area contributed by atoms with E-state index in [2.05, 4.69) is 0 Å². The van der Waals surface area contributed by atoms with Gasteiger partial charge in [0.25, 0.3) is 0 Å². The maximum atomic E-state index is 12.7. The van der Waals surface area contributed by atoms with Gasteiger partial charge in [0.15, 0.2) is 0 Å². The average Bonchev–Trinajstić information content (AvgIpc) is 2.79. The maximum absolute atomic E-state index is 12.7. The molecular weight excluding hydrogens is 388 g/mol. The van der Waals surface area contributed by atoms with Crippen molar-refractivity contribution in [3.05, 3.63) is 107 Å². The van der Waals surface area contributed by atoms with Gasteiger partial charge in [0.05, 0.1) is 12.2 Å². The van der Waals surface area contributed by atoms with Crippen LogP contribution in [0.3, 0.4) is 0 Å². The Morgan fingerprint density at radius 1 is 0.677 bits per heavy atom. The molecule has 0 bridgehead atoms. The third-order valence-corrected chi connectivity index (χ3v) is 5.41. The monoisotopic (exact) mass is 410 g/mol. The highest BCUT2D eigenvalue weighted by Crippen LogP contribution is 2.23. The van der Waals surface area contributed by atoms with Crippen LogP contribution in [-0.2, 0) is 24.2 Å². The number of fused-ring (bicyclic) bond motifs is 1. The number of hydrogen-bond donors (Lipinski definition) is 2. The van der Waals surface area contributed by atoms with Gasteiger partial charge < -0.3 is 10.2 Å². The number of rotatable bonds is 7. The van der Waals surface area contributed by atoms with Crippen LogP contribution in [0.25, 0.3) is 21.9 Å². The van der Waals surface area contributed by atoms with Crippen LogP contribution in [0.15, 0.2) is 84.9 Å². The third kappa shape index (κ3) is 4.71. The SMILES string of the molecule is O=C(Cc1ccc(-c2ccc(CO)cc2)cc1)Cc1cc2ccccc2cc1C(=O)O. The summed E-state index contributed by atoms with van der Waals surface area (Å²) in [6.07, 6.45) is 0.326. The summed E-state index contributed by atoms with van der Waals surface area (Å²) < 4.78 is 0. The number of carbonyl (C=O) groups excluding carboxylic acids is 1. The van der Waals surface area contributed by atoms with Gasteiger partial charge in [0, 0.05) is 12.8 Å². The van der Waals surface area contributed by atoms with Gasteiger partial charge in [-0.1, -0.05) is 72.8 Å². The van der Waals surface area contributed by atoms with E-state index in [1.165, 1.54) is 0 Å².